The van der Waals surface area contributed by atoms with E-state index in [1.54, 1.807) is 0 Å². The topological polar surface area (TPSA) is 46.4 Å². The highest BCUT2D eigenvalue weighted by Crippen LogP contribution is 2.22. The van der Waals surface area contributed by atoms with Crippen molar-refractivity contribution in [1.82, 2.24) is 4.90 Å². The molecule has 90 valence electrons. The van der Waals surface area contributed by atoms with E-state index in [0.717, 1.165) is 44.2 Å². The molecule has 4 heteroatoms. The van der Waals surface area contributed by atoms with E-state index >= 15 is 0 Å². The Bertz CT molecular complexity index is 415. The second kappa shape index (κ2) is 5.48. The Balaban J connectivity index is 2.09. The number of nitrogens with zero attached hydrogens (tertiary/aromatic N) is 2. The molecule has 1 aromatic rings. The van der Waals surface area contributed by atoms with Crippen molar-refractivity contribution in [1.29, 1.82) is 0 Å². The first-order valence-electron chi connectivity index (χ1n) is 5.89. The molecule has 4 nitrogen and oxygen atoms in total. The lowest BCUT2D eigenvalue weighted by Crippen LogP contribution is -2.28. The Hall–Kier alpha value is -1.84. The average Bonchev–Trinajstić information content (AvgIpc) is 2.32. The standard InChI is InChI=1S/C13H16N2O2/c16-15(17)11-13-8-4-5-9-14(13)10-12-6-2-1-3-7-12/h1-3,6-7,11H,4-5,8-10H2/b13-11-. The minimum Gasteiger partial charge on any atom is -0.366 e. The van der Waals surface area contributed by atoms with Crippen LogP contribution in [-0.2, 0) is 6.54 Å². The van der Waals surface area contributed by atoms with Crippen molar-refractivity contribution < 1.29 is 4.92 Å². The van der Waals surface area contributed by atoms with E-state index in [0.29, 0.717) is 0 Å². The van der Waals surface area contributed by atoms with Crippen molar-refractivity contribution in [3.8, 4) is 0 Å². The summed E-state index contributed by atoms with van der Waals surface area (Å²) < 4.78 is 0. The quantitative estimate of drug-likeness (QED) is 0.594. The van der Waals surface area contributed by atoms with Crippen molar-refractivity contribution in [3.05, 3.63) is 57.9 Å². The van der Waals surface area contributed by atoms with E-state index < -0.39 is 0 Å². The Kier molecular flexibility index (Phi) is 3.75. The van der Waals surface area contributed by atoms with Crippen molar-refractivity contribution in [2.24, 2.45) is 0 Å². The van der Waals surface area contributed by atoms with Gasteiger partial charge in [0.15, 0.2) is 0 Å². The van der Waals surface area contributed by atoms with Gasteiger partial charge in [-0.3, -0.25) is 10.1 Å². The molecule has 1 heterocycles. The number of likely N-dealkylation sites (tertiary alicyclic amines) is 1. The molecule has 0 bridgehead atoms. The summed E-state index contributed by atoms with van der Waals surface area (Å²) in [6, 6.07) is 10.1. The van der Waals surface area contributed by atoms with Gasteiger partial charge in [0.05, 0.1) is 10.6 Å². The summed E-state index contributed by atoms with van der Waals surface area (Å²) in [5, 5.41) is 10.6. The van der Waals surface area contributed by atoms with Gasteiger partial charge in [-0.1, -0.05) is 30.3 Å². The predicted octanol–water partition coefficient (Wildman–Crippen LogP) is 2.79. The predicted molar refractivity (Wildman–Crippen MR) is 65.8 cm³/mol. The molecular weight excluding hydrogens is 216 g/mol. The zero-order chi connectivity index (χ0) is 12.1. The number of rotatable bonds is 3. The molecule has 1 aromatic carbocycles. The molecule has 0 aromatic heterocycles. The van der Waals surface area contributed by atoms with Gasteiger partial charge >= 0.3 is 0 Å². The van der Waals surface area contributed by atoms with Gasteiger partial charge in [0.1, 0.15) is 0 Å². The lowest BCUT2D eigenvalue weighted by Gasteiger charge is -2.30. The number of nitro groups is 1. The Labute approximate surface area is 101 Å². The van der Waals surface area contributed by atoms with E-state index in [9.17, 15) is 10.1 Å². The highest BCUT2D eigenvalue weighted by Gasteiger charge is 2.17. The second-order valence-corrected chi connectivity index (χ2v) is 4.27. The van der Waals surface area contributed by atoms with Crippen LogP contribution in [0.15, 0.2) is 42.2 Å². The summed E-state index contributed by atoms with van der Waals surface area (Å²) in [6.45, 7) is 1.68. The van der Waals surface area contributed by atoms with Crippen LogP contribution in [0.25, 0.3) is 0 Å². The molecule has 0 atom stereocenters. The van der Waals surface area contributed by atoms with Crippen molar-refractivity contribution >= 4 is 0 Å². The molecule has 17 heavy (non-hydrogen) atoms. The van der Waals surface area contributed by atoms with Crippen molar-refractivity contribution in [2.45, 2.75) is 25.8 Å². The lowest BCUT2D eigenvalue weighted by molar-refractivity contribution is -0.404. The lowest BCUT2D eigenvalue weighted by atomic mass is 10.1. The first-order chi connectivity index (χ1) is 8.25. The number of hydrogen-bond donors (Lipinski definition) is 0. The van der Waals surface area contributed by atoms with Crippen LogP contribution in [0, 0.1) is 10.1 Å². The summed E-state index contributed by atoms with van der Waals surface area (Å²) in [5.74, 6) is 0. The zero-order valence-corrected chi connectivity index (χ0v) is 9.71. The van der Waals surface area contributed by atoms with Gasteiger partial charge in [-0.05, 0) is 24.8 Å². The number of allylic oxidation sites excluding steroid dienone is 1. The van der Waals surface area contributed by atoms with E-state index in [-0.39, 0.29) is 4.92 Å². The monoisotopic (exact) mass is 232 g/mol. The fourth-order valence-corrected chi connectivity index (χ4v) is 2.16. The third kappa shape index (κ3) is 3.31. The number of hydrogen-bond acceptors (Lipinski definition) is 3. The van der Waals surface area contributed by atoms with Gasteiger partial charge in [0.25, 0.3) is 6.20 Å². The Morgan fingerprint density at radius 3 is 2.76 bits per heavy atom. The molecule has 0 spiro atoms. The van der Waals surface area contributed by atoms with Crippen LogP contribution >= 0.6 is 0 Å². The maximum atomic E-state index is 10.6. The molecule has 1 aliphatic heterocycles. The smallest absolute Gasteiger partial charge is 0.253 e. The minimum absolute atomic E-state index is 0.349. The van der Waals surface area contributed by atoms with Gasteiger partial charge in [-0.2, -0.15) is 0 Å². The minimum atomic E-state index is -0.349. The summed E-state index contributed by atoms with van der Waals surface area (Å²) in [4.78, 5) is 12.3. The normalized spacial score (nSPS) is 18.4. The van der Waals surface area contributed by atoms with Crippen molar-refractivity contribution in [3.63, 3.8) is 0 Å². The van der Waals surface area contributed by atoms with Crippen LogP contribution in [0.4, 0.5) is 0 Å². The third-order valence-corrected chi connectivity index (χ3v) is 2.99. The Morgan fingerprint density at radius 2 is 2.06 bits per heavy atom. The molecule has 0 unspecified atom stereocenters. The summed E-state index contributed by atoms with van der Waals surface area (Å²) >= 11 is 0. The first kappa shape index (κ1) is 11.6. The number of benzene rings is 1. The Morgan fingerprint density at radius 1 is 1.29 bits per heavy atom. The molecule has 0 radical (unpaired) electrons. The summed E-state index contributed by atoms with van der Waals surface area (Å²) in [5.41, 5.74) is 2.05. The SMILES string of the molecule is O=[N+]([O-])/C=C1/CCCCN1Cc1ccccc1. The molecular formula is C13H16N2O2. The molecule has 0 amide bonds. The summed E-state index contributed by atoms with van der Waals surface area (Å²) in [6.07, 6.45) is 4.13. The van der Waals surface area contributed by atoms with Crippen LogP contribution in [0.1, 0.15) is 24.8 Å². The molecule has 0 saturated carbocycles. The van der Waals surface area contributed by atoms with Gasteiger partial charge < -0.3 is 4.90 Å². The van der Waals surface area contributed by atoms with E-state index in [4.69, 9.17) is 0 Å². The zero-order valence-electron chi connectivity index (χ0n) is 9.71. The molecule has 0 aliphatic carbocycles. The first-order valence-corrected chi connectivity index (χ1v) is 5.89. The van der Waals surface area contributed by atoms with Crippen LogP contribution in [-0.4, -0.2) is 16.4 Å². The molecule has 1 saturated heterocycles. The molecule has 0 N–H and O–H groups in total. The fourth-order valence-electron chi connectivity index (χ4n) is 2.16. The third-order valence-electron chi connectivity index (χ3n) is 2.99. The second-order valence-electron chi connectivity index (χ2n) is 4.27. The highest BCUT2D eigenvalue weighted by atomic mass is 16.6. The number of piperidine rings is 1. The van der Waals surface area contributed by atoms with Crippen LogP contribution in [0.2, 0.25) is 0 Å². The largest absolute Gasteiger partial charge is 0.366 e. The van der Waals surface area contributed by atoms with Crippen LogP contribution in [0.3, 0.4) is 0 Å². The van der Waals surface area contributed by atoms with E-state index in [1.165, 1.54) is 5.56 Å². The molecule has 2 rings (SSSR count). The fraction of sp³-hybridized carbons (Fsp3) is 0.385. The van der Waals surface area contributed by atoms with Crippen molar-refractivity contribution in [2.75, 3.05) is 6.54 Å². The highest BCUT2D eigenvalue weighted by molar-refractivity contribution is 5.16. The maximum Gasteiger partial charge on any atom is 0.253 e. The molecule has 1 fully saturated rings. The van der Waals surface area contributed by atoms with Gasteiger partial charge in [-0.25, -0.2) is 0 Å². The molecule has 1 aliphatic rings. The van der Waals surface area contributed by atoms with Gasteiger partial charge in [0.2, 0.25) is 0 Å². The van der Waals surface area contributed by atoms with Gasteiger partial charge in [-0.15, -0.1) is 0 Å². The maximum absolute atomic E-state index is 10.6. The van der Waals surface area contributed by atoms with Gasteiger partial charge in [0, 0.05) is 13.1 Å². The van der Waals surface area contributed by atoms with Crippen LogP contribution in [0.5, 0.6) is 0 Å². The average molecular weight is 232 g/mol. The van der Waals surface area contributed by atoms with E-state index in [1.807, 2.05) is 18.2 Å². The van der Waals surface area contributed by atoms with Crippen LogP contribution < -0.4 is 0 Å². The summed E-state index contributed by atoms with van der Waals surface area (Å²) in [7, 11) is 0. The van der Waals surface area contributed by atoms with E-state index in [2.05, 4.69) is 17.0 Å².